The molecular weight excluding hydrogens is 374 g/mol. The molecule has 1 atom stereocenters. The predicted octanol–water partition coefficient (Wildman–Crippen LogP) is 2.27. The number of hydrogen-bond acceptors (Lipinski definition) is 6. The third-order valence-electron chi connectivity index (χ3n) is 4.38. The van der Waals surface area contributed by atoms with Gasteiger partial charge in [0, 0.05) is 30.5 Å². The van der Waals surface area contributed by atoms with Crippen molar-refractivity contribution in [3.8, 4) is 11.3 Å². The van der Waals surface area contributed by atoms with Crippen molar-refractivity contribution in [2.75, 3.05) is 24.7 Å². The second kappa shape index (κ2) is 7.81. The van der Waals surface area contributed by atoms with E-state index in [1.54, 1.807) is 29.2 Å². The highest BCUT2D eigenvalue weighted by Gasteiger charge is 2.42. The fourth-order valence-corrected chi connectivity index (χ4v) is 6.31. The van der Waals surface area contributed by atoms with E-state index in [1.165, 1.54) is 28.3 Å². The molecule has 0 bridgehead atoms. The molecule has 1 saturated heterocycles. The molecule has 1 aromatic heterocycles. The molecule has 0 N–H and O–H groups in total. The number of rotatable bonds is 6. The lowest BCUT2D eigenvalue weighted by Crippen LogP contribution is -2.48. The van der Waals surface area contributed by atoms with Crippen molar-refractivity contribution in [2.45, 2.75) is 24.8 Å². The van der Waals surface area contributed by atoms with Crippen molar-refractivity contribution >= 4 is 27.7 Å². The molecule has 2 aromatic rings. The number of likely N-dealkylation sites (N-methyl/N-ethyl adjacent to an activating group) is 1. The van der Waals surface area contributed by atoms with E-state index < -0.39 is 16.1 Å². The van der Waals surface area contributed by atoms with Gasteiger partial charge in [0.2, 0.25) is 15.9 Å². The topological polar surface area (TPSA) is 83.7 Å². The number of benzene rings is 1. The zero-order valence-corrected chi connectivity index (χ0v) is 16.3. The van der Waals surface area contributed by atoms with Gasteiger partial charge in [0.25, 0.3) is 0 Å². The number of amides is 1. The summed E-state index contributed by atoms with van der Waals surface area (Å²) in [5, 5.41) is 3.66. The summed E-state index contributed by atoms with van der Waals surface area (Å²) in [7, 11) is -3.86. The van der Waals surface area contributed by atoms with Crippen LogP contribution in [-0.2, 0) is 14.8 Å². The largest absolute Gasteiger partial charge is 0.356 e. The van der Waals surface area contributed by atoms with E-state index in [9.17, 15) is 13.2 Å². The normalized spacial score (nSPS) is 18.2. The second-order valence-corrected chi connectivity index (χ2v) is 8.65. The smallest absolute Gasteiger partial charge is 0.245 e. The summed E-state index contributed by atoms with van der Waals surface area (Å²) >= 11 is 1.45. The summed E-state index contributed by atoms with van der Waals surface area (Å²) in [5.74, 6) is 0.937. The molecule has 3 rings (SSSR count). The maximum absolute atomic E-state index is 13.3. The Morgan fingerprint density at radius 3 is 2.69 bits per heavy atom. The summed E-state index contributed by atoms with van der Waals surface area (Å²) in [6.07, 6.45) is 1.47. The molecule has 2 heterocycles. The second-order valence-electron chi connectivity index (χ2n) is 5.79. The zero-order valence-electron chi connectivity index (χ0n) is 14.7. The highest BCUT2D eigenvalue weighted by molar-refractivity contribution is 8.00. The summed E-state index contributed by atoms with van der Waals surface area (Å²) in [6, 6.07) is 7.55. The number of carbonyl (C=O) groups is 1. The Morgan fingerprint density at radius 2 is 2.04 bits per heavy atom. The zero-order chi connectivity index (χ0) is 18.7. The number of nitrogens with zero attached hydrogens (tertiary/aromatic N) is 3. The van der Waals surface area contributed by atoms with Crippen LogP contribution in [-0.4, -0.2) is 59.4 Å². The van der Waals surface area contributed by atoms with Gasteiger partial charge >= 0.3 is 0 Å². The van der Waals surface area contributed by atoms with Crippen LogP contribution in [0, 0.1) is 0 Å². The average molecular weight is 396 g/mol. The lowest BCUT2D eigenvalue weighted by molar-refractivity contribution is -0.133. The first-order valence-electron chi connectivity index (χ1n) is 8.39. The van der Waals surface area contributed by atoms with Crippen LogP contribution in [0.3, 0.4) is 0 Å². The first-order chi connectivity index (χ1) is 12.5. The molecule has 7 nitrogen and oxygen atoms in total. The van der Waals surface area contributed by atoms with Crippen molar-refractivity contribution < 1.29 is 17.7 Å². The molecule has 1 fully saturated rings. The minimum absolute atomic E-state index is 0.122. The molecule has 0 unspecified atom stereocenters. The number of aromatic nitrogens is 1. The van der Waals surface area contributed by atoms with Gasteiger partial charge in [-0.15, -0.1) is 11.8 Å². The van der Waals surface area contributed by atoms with Crippen LogP contribution in [0.5, 0.6) is 0 Å². The van der Waals surface area contributed by atoms with Crippen LogP contribution in [0.15, 0.2) is 45.9 Å². The number of carbonyl (C=O) groups excluding carboxylic acids is 1. The minimum Gasteiger partial charge on any atom is -0.356 e. The van der Waals surface area contributed by atoms with Gasteiger partial charge in [-0.3, -0.25) is 4.79 Å². The Kier molecular flexibility index (Phi) is 5.69. The van der Waals surface area contributed by atoms with Gasteiger partial charge in [-0.05, 0) is 26.0 Å². The van der Waals surface area contributed by atoms with Crippen LogP contribution in [0.1, 0.15) is 13.8 Å². The Hall–Kier alpha value is -1.84. The summed E-state index contributed by atoms with van der Waals surface area (Å²) in [5.41, 5.74) is 0.441. The summed E-state index contributed by atoms with van der Waals surface area (Å²) in [4.78, 5) is 14.6. The molecule has 1 aliphatic heterocycles. The van der Waals surface area contributed by atoms with Crippen molar-refractivity contribution in [3.05, 3.63) is 36.5 Å². The monoisotopic (exact) mass is 395 g/mol. The first-order valence-corrected chi connectivity index (χ1v) is 11.0. The summed E-state index contributed by atoms with van der Waals surface area (Å²) in [6.45, 7) is 4.89. The molecule has 140 valence electrons. The Bertz CT molecular complexity index is 864. The van der Waals surface area contributed by atoms with Gasteiger partial charge < -0.3 is 9.42 Å². The number of hydrogen-bond donors (Lipinski definition) is 0. The molecular formula is C17H21N3O4S2. The highest BCUT2D eigenvalue weighted by atomic mass is 32.2. The third-order valence-corrected chi connectivity index (χ3v) is 7.47. The first kappa shape index (κ1) is 18.9. The Balaban J connectivity index is 2.00. The fourth-order valence-electron chi connectivity index (χ4n) is 2.98. The van der Waals surface area contributed by atoms with Crippen molar-refractivity contribution in [2.24, 2.45) is 0 Å². The quantitative estimate of drug-likeness (QED) is 0.746. The van der Waals surface area contributed by atoms with Gasteiger partial charge in [0.15, 0.2) is 5.76 Å². The van der Waals surface area contributed by atoms with E-state index in [2.05, 4.69) is 5.16 Å². The molecule has 1 amide bonds. The van der Waals surface area contributed by atoms with E-state index >= 15 is 0 Å². The van der Waals surface area contributed by atoms with Gasteiger partial charge in [0.05, 0.1) is 17.0 Å². The Labute approximate surface area is 157 Å². The SMILES string of the molecule is CCN(CC)C(=O)[C@H]1CSCN1S(=O)(=O)c1ccccc1-c1ccno1. The van der Waals surface area contributed by atoms with Gasteiger partial charge in [-0.25, -0.2) is 8.42 Å². The predicted molar refractivity (Wildman–Crippen MR) is 100 cm³/mol. The third kappa shape index (κ3) is 3.38. The number of thioether (sulfide) groups is 1. The molecule has 1 aromatic carbocycles. The van der Waals surface area contributed by atoms with Gasteiger partial charge in [0.1, 0.15) is 6.04 Å². The van der Waals surface area contributed by atoms with Crippen LogP contribution in [0.4, 0.5) is 0 Å². The average Bonchev–Trinajstić information content (AvgIpc) is 3.34. The highest BCUT2D eigenvalue weighted by Crippen LogP contribution is 2.34. The minimum atomic E-state index is -3.86. The maximum Gasteiger partial charge on any atom is 0.245 e. The van der Waals surface area contributed by atoms with E-state index in [-0.39, 0.29) is 16.7 Å². The van der Waals surface area contributed by atoms with E-state index in [0.717, 1.165) is 0 Å². The molecule has 9 heteroatoms. The summed E-state index contributed by atoms with van der Waals surface area (Å²) < 4.78 is 33.1. The van der Waals surface area contributed by atoms with Crippen LogP contribution in [0.2, 0.25) is 0 Å². The van der Waals surface area contributed by atoms with Crippen molar-refractivity contribution in [1.29, 1.82) is 0 Å². The van der Waals surface area contributed by atoms with Crippen molar-refractivity contribution in [1.82, 2.24) is 14.4 Å². The van der Waals surface area contributed by atoms with Gasteiger partial charge in [-0.1, -0.05) is 17.3 Å². The van der Waals surface area contributed by atoms with Gasteiger partial charge in [-0.2, -0.15) is 4.31 Å². The fraction of sp³-hybridized carbons (Fsp3) is 0.412. The van der Waals surface area contributed by atoms with Crippen LogP contribution >= 0.6 is 11.8 Å². The lowest BCUT2D eigenvalue weighted by atomic mass is 10.2. The molecule has 1 aliphatic rings. The standard InChI is InChI=1S/C17H21N3O4S2/c1-3-19(4-2)17(21)14-11-25-12-20(14)26(22,23)16-8-6-5-7-13(16)15-9-10-18-24-15/h5-10,14H,3-4,11-12H2,1-2H3/t14-/m1/s1. The van der Waals surface area contributed by atoms with Crippen molar-refractivity contribution in [3.63, 3.8) is 0 Å². The number of sulfonamides is 1. The molecule has 0 radical (unpaired) electrons. The molecule has 0 saturated carbocycles. The van der Waals surface area contributed by atoms with E-state index in [1.807, 2.05) is 13.8 Å². The van der Waals surface area contributed by atoms with Crippen LogP contribution in [0.25, 0.3) is 11.3 Å². The van der Waals surface area contributed by atoms with E-state index in [0.29, 0.717) is 30.2 Å². The lowest BCUT2D eigenvalue weighted by Gasteiger charge is -2.28. The molecule has 26 heavy (non-hydrogen) atoms. The van der Waals surface area contributed by atoms with Crippen LogP contribution < -0.4 is 0 Å². The van der Waals surface area contributed by atoms with E-state index in [4.69, 9.17) is 4.52 Å². The molecule has 0 aliphatic carbocycles. The Morgan fingerprint density at radius 1 is 1.31 bits per heavy atom. The maximum atomic E-state index is 13.3. The molecule has 0 spiro atoms.